The normalized spacial score (nSPS) is 17.2. The van der Waals surface area contributed by atoms with Crippen LogP contribution in [0.3, 0.4) is 0 Å². The average molecular weight is 755 g/mol. The summed E-state index contributed by atoms with van der Waals surface area (Å²) in [6.45, 7) is 11.7. The third kappa shape index (κ3) is 5.93. The van der Waals surface area contributed by atoms with Gasteiger partial charge in [-0.1, -0.05) is 140 Å². The van der Waals surface area contributed by atoms with Crippen LogP contribution in [0, 0.1) is 39.5 Å². The first kappa shape index (κ1) is 35.9. The van der Waals surface area contributed by atoms with Crippen LogP contribution in [0.5, 0.6) is 0 Å². The third-order valence-corrected chi connectivity index (χ3v) is 14.8. The second-order valence-corrected chi connectivity index (χ2v) is 17.6. The fourth-order valence-corrected chi connectivity index (χ4v) is 11.5. The van der Waals surface area contributed by atoms with E-state index in [0.29, 0.717) is 11.8 Å². The molecule has 7 aromatic rings. The Balaban J connectivity index is 1.04. The lowest BCUT2D eigenvalue weighted by Gasteiger charge is -2.29. The van der Waals surface area contributed by atoms with Gasteiger partial charge >= 0.3 is 0 Å². The molecule has 2 unspecified atom stereocenters. The molecule has 3 aliphatic rings. The molecule has 0 radical (unpaired) electrons. The van der Waals surface area contributed by atoms with Crippen molar-refractivity contribution in [1.29, 1.82) is 0 Å². The van der Waals surface area contributed by atoms with E-state index in [-0.39, 0.29) is 0 Å². The van der Waals surface area contributed by atoms with E-state index in [4.69, 9.17) is 0 Å². The van der Waals surface area contributed by atoms with E-state index in [0.717, 1.165) is 19.3 Å². The maximum Gasteiger partial charge on any atom is 0.0433 e. The van der Waals surface area contributed by atoms with Crippen molar-refractivity contribution in [3.63, 3.8) is 0 Å². The van der Waals surface area contributed by atoms with E-state index < -0.39 is 0 Å². The average Bonchev–Trinajstić information content (AvgIpc) is 3.66. The Kier molecular flexibility index (Phi) is 9.10. The third-order valence-electron chi connectivity index (χ3n) is 13.6. The minimum absolute atomic E-state index is 0.410. The molecular formula is C56H50S. The Hall–Kier alpha value is -5.50. The molecular weight excluding hydrogens is 705 g/mol. The maximum atomic E-state index is 2.47. The van der Waals surface area contributed by atoms with Crippen LogP contribution in [0.25, 0.3) is 70.3 Å². The number of fused-ring (bicyclic) bond motifs is 4. The second kappa shape index (κ2) is 14.5. The van der Waals surface area contributed by atoms with Crippen molar-refractivity contribution in [2.75, 3.05) is 0 Å². The summed E-state index contributed by atoms with van der Waals surface area (Å²) in [6, 6.07) is 36.9. The number of benzene rings is 6. The van der Waals surface area contributed by atoms with E-state index >= 15 is 0 Å². The van der Waals surface area contributed by atoms with Gasteiger partial charge in [0.25, 0.3) is 0 Å². The monoisotopic (exact) mass is 754 g/mol. The Labute approximate surface area is 342 Å². The zero-order valence-electron chi connectivity index (χ0n) is 33.9. The van der Waals surface area contributed by atoms with E-state index in [2.05, 4.69) is 174 Å². The molecule has 0 amide bonds. The number of rotatable bonds is 6. The summed E-state index contributed by atoms with van der Waals surface area (Å²) in [5.41, 5.74) is 22.7. The molecule has 280 valence electrons. The highest BCUT2D eigenvalue weighted by Gasteiger charge is 2.27. The Morgan fingerprint density at radius 2 is 1.07 bits per heavy atom. The van der Waals surface area contributed by atoms with Gasteiger partial charge in [0.05, 0.1) is 0 Å². The summed E-state index contributed by atoms with van der Waals surface area (Å²) in [7, 11) is 0. The number of hydrogen-bond donors (Lipinski definition) is 0. The molecule has 0 saturated heterocycles. The molecule has 10 rings (SSSR count). The smallest absolute Gasteiger partial charge is 0.0433 e. The van der Waals surface area contributed by atoms with Crippen molar-refractivity contribution in [3.8, 4) is 43.8 Å². The van der Waals surface area contributed by atoms with E-state index in [9.17, 15) is 0 Å². The van der Waals surface area contributed by atoms with Crippen molar-refractivity contribution in [2.45, 2.75) is 66.7 Å². The first-order chi connectivity index (χ1) is 27.9. The zero-order valence-corrected chi connectivity index (χ0v) is 34.7. The van der Waals surface area contributed by atoms with Gasteiger partial charge in [-0.25, -0.2) is 0 Å². The first-order valence-corrected chi connectivity index (χ1v) is 21.9. The maximum absolute atomic E-state index is 2.47. The zero-order chi connectivity index (χ0) is 38.8. The van der Waals surface area contributed by atoms with Gasteiger partial charge in [-0.2, -0.15) is 0 Å². The number of allylic oxidation sites excluding steroid dienone is 8. The van der Waals surface area contributed by atoms with E-state index in [1.165, 1.54) is 116 Å². The molecule has 0 saturated carbocycles. The van der Waals surface area contributed by atoms with Crippen molar-refractivity contribution < 1.29 is 0 Å². The van der Waals surface area contributed by atoms with Crippen LogP contribution in [0.1, 0.15) is 64.3 Å². The Morgan fingerprint density at radius 1 is 0.509 bits per heavy atom. The molecule has 0 nitrogen and oxygen atoms in total. The fourth-order valence-electron chi connectivity index (χ4n) is 10.3. The summed E-state index contributed by atoms with van der Waals surface area (Å²) in [5.74, 6) is 0.861. The van der Waals surface area contributed by atoms with Gasteiger partial charge in [0.2, 0.25) is 0 Å². The fraction of sp³-hybridized carbons (Fsp3) is 0.214. The highest BCUT2D eigenvalue weighted by molar-refractivity contribution is 7.22. The van der Waals surface area contributed by atoms with Crippen LogP contribution in [-0.2, 0) is 19.3 Å². The molecule has 3 aliphatic carbocycles. The lowest BCUT2D eigenvalue weighted by molar-refractivity contribution is 0.663. The van der Waals surface area contributed by atoms with Gasteiger partial charge in [0.1, 0.15) is 0 Å². The number of hydrogen-bond acceptors (Lipinski definition) is 1. The SMILES string of the molecule is CCc1c(C)c(C)c(C)c(C)c1-c1c2c(c(-c3ccc(-c4ccc(-c5sc6ccccc6c5C5=CC6C=CC=CC6C=C5)cc4)cc3)c3ccccc13)CCCC2. The minimum atomic E-state index is 0.410. The predicted molar refractivity (Wildman–Crippen MR) is 248 cm³/mol. The molecule has 6 aromatic carbocycles. The van der Waals surface area contributed by atoms with Crippen LogP contribution < -0.4 is 0 Å². The lowest BCUT2D eigenvalue weighted by atomic mass is 9.75. The number of thiophene rings is 1. The van der Waals surface area contributed by atoms with Crippen LogP contribution in [0.15, 0.2) is 140 Å². The molecule has 1 aromatic heterocycles. The van der Waals surface area contributed by atoms with Gasteiger partial charge in [-0.3, -0.25) is 0 Å². The summed E-state index contributed by atoms with van der Waals surface area (Å²) in [5, 5.41) is 4.13. The van der Waals surface area contributed by atoms with E-state index in [1.807, 2.05) is 11.3 Å². The molecule has 0 spiro atoms. The Morgan fingerprint density at radius 3 is 1.75 bits per heavy atom. The van der Waals surface area contributed by atoms with Gasteiger partial charge in [-0.05, 0) is 160 Å². The van der Waals surface area contributed by atoms with Gasteiger partial charge in [0.15, 0.2) is 0 Å². The van der Waals surface area contributed by atoms with Crippen molar-refractivity contribution in [1.82, 2.24) is 0 Å². The van der Waals surface area contributed by atoms with Crippen molar-refractivity contribution in [2.24, 2.45) is 11.8 Å². The van der Waals surface area contributed by atoms with Gasteiger partial charge in [-0.15, -0.1) is 11.3 Å². The minimum Gasteiger partial charge on any atom is -0.135 e. The topological polar surface area (TPSA) is 0 Å². The van der Waals surface area contributed by atoms with Crippen LogP contribution in [0.4, 0.5) is 0 Å². The highest BCUT2D eigenvalue weighted by Crippen LogP contribution is 2.49. The summed E-state index contributed by atoms with van der Waals surface area (Å²) < 4.78 is 1.34. The summed E-state index contributed by atoms with van der Waals surface area (Å²) >= 11 is 1.91. The Bertz CT molecular complexity index is 2850. The summed E-state index contributed by atoms with van der Waals surface area (Å²) in [6.07, 6.45) is 22.0. The molecule has 2 atom stereocenters. The first-order valence-electron chi connectivity index (χ1n) is 21.1. The van der Waals surface area contributed by atoms with Gasteiger partial charge in [0, 0.05) is 32.4 Å². The lowest BCUT2D eigenvalue weighted by Crippen LogP contribution is -2.11. The molecule has 1 heterocycles. The van der Waals surface area contributed by atoms with Crippen LogP contribution in [-0.4, -0.2) is 0 Å². The quantitative estimate of drug-likeness (QED) is 0.159. The van der Waals surface area contributed by atoms with Crippen LogP contribution >= 0.6 is 11.3 Å². The van der Waals surface area contributed by atoms with Crippen molar-refractivity contribution >= 4 is 37.8 Å². The summed E-state index contributed by atoms with van der Waals surface area (Å²) in [4.78, 5) is 1.35. The molecule has 57 heavy (non-hydrogen) atoms. The largest absolute Gasteiger partial charge is 0.135 e. The highest BCUT2D eigenvalue weighted by atomic mass is 32.1. The predicted octanol–water partition coefficient (Wildman–Crippen LogP) is 15.7. The van der Waals surface area contributed by atoms with Gasteiger partial charge < -0.3 is 0 Å². The molecule has 0 fully saturated rings. The molecule has 0 aliphatic heterocycles. The molecule has 0 bridgehead atoms. The van der Waals surface area contributed by atoms with E-state index in [1.54, 1.807) is 11.1 Å². The van der Waals surface area contributed by atoms with Crippen molar-refractivity contribution in [3.05, 3.63) is 184 Å². The second-order valence-electron chi connectivity index (χ2n) is 16.5. The van der Waals surface area contributed by atoms with Crippen LogP contribution in [0.2, 0.25) is 0 Å². The molecule has 1 heteroatoms. The molecule has 0 N–H and O–H groups in total. The standard InChI is InChI=1S/C56H50S/c1-6-45-36(4)34(2)35(3)37(5)52(45)55-48-19-11-9-17-46(48)53(47-18-10-12-20-49(47)55)41-28-23-39(24-29-41)40-25-30-42(31-26-40)56-54(50-21-13-14-22-51(50)57-56)44-32-27-38-15-7-8-16-43(38)33-44/h7-9,11,13-17,19,21-33,38,43H,6,10,12,18,20H2,1-5H3.